The van der Waals surface area contributed by atoms with E-state index in [1.165, 1.54) is 16.9 Å². The first kappa shape index (κ1) is 23.4. The zero-order valence-corrected chi connectivity index (χ0v) is 19.3. The van der Waals surface area contributed by atoms with Crippen LogP contribution < -0.4 is 4.74 Å². The van der Waals surface area contributed by atoms with Crippen LogP contribution in [-0.2, 0) is 5.41 Å². The van der Waals surface area contributed by atoms with E-state index in [2.05, 4.69) is 26.0 Å². The Morgan fingerprint density at radius 2 is 1.62 bits per heavy atom. The van der Waals surface area contributed by atoms with Crippen LogP contribution in [-0.4, -0.2) is 28.4 Å². The minimum Gasteiger partial charge on any atom is -0.490 e. The van der Waals surface area contributed by atoms with Crippen molar-refractivity contribution >= 4 is 17.3 Å². The van der Waals surface area contributed by atoms with Gasteiger partial charge in [0, 0.05) is 10.3 Å². The minimum absolute atomic E-state index is 0.222. The summed E-state index contributed by atoms with van der Waals surface area (Å²) in [7, 11) is 0. The summed E-state index contributed by atoms with van der Waals surface area (Å²) >= 11 is 1.38. The molecule has 0 atom stereocenters. The number of aliphatic hydroxyl groups is 1. The van der Waals surface area contributed by atoms with Crippen molar-refractivity contribution in [3.8, 4) is 5.75 Å². The van der Waals surface area contributed by atoms with Crippen molar-refractivity contribution in [2.75, 3.05) is 6.61 Å². The molecule has 0 bridgehead atoms. The van der Waals surface area contributed by atoms with Gasteiger partial charge in [0.15, 0.2) is 0 Å². The molecule has 1 heterocycles. The van der Waals surface area contributed by atoms with Gasteiger partial charge in [0.25, 0.3) is 0 Å². The van der Waals surface area contributed by atoms with Crippen molar-refractivity contribution in [3.63, 3.8) is 0 Å². The first-order valence-electron chi connectivity index (χ1n) is 10.5. The molecule has 0 saturated heterocycles. The molecule has 0 fully saturated rings. The van der Waals surface area contributed by atoms with E-state index >= 15 is 0 Å². The third-order valence-corrected chi connectivity index (χ3v) is 7.76. The predicted octanol–water partition coefficient (Wildman–Crippen LogP) is 6.10. The maximum absolute atomic E-state index is 11.5. The molecular formula is C24H34O4S. The molecule has 160 valence electrons. The van der Waals surface area contributed by atoms with E-state index in [4.69, 9.17) is 4.74 Å². The Bertz CT molecular complexity index is 845. The van der Waals surface area contributed by atoms with Crippen molar-refractivity contribution in [2.24, 2.45) is 0 Å². The summed E-state index contributed by atoms with van der Waals surface area (Å²) in [6.07, 6.45) is 3.07. The second kappa shape index (κ2) is 9.31. The van der Waals surface area contributed by atoms with Crippen LogP contribution in [0.1, 0.15) is 84.6 Å². The SMILES string of the molecule is CCC(O)(CC)COc1ccc(C(CC)(CC)c2cc(C)c(C(=O)O)s2)cc1C. The monoisotopic (exact) mass is 418 g/mol. The second-order valence-corrected chi connectivity index (χ2v) is 8.97. The summed E-state index contributed by atoms with van der Waals surface area (Å²) in [5.41, 5.74) is 1.99. The summed E-state index contributed by atoms with van der Waals surface area (Å²) in [6.45, 7) is 12.4. The molecule has 0 aliphatic rings. The number of benzene rings is 1. The first-order chi connectivity index (χ1) is 13.7. The van der Waals surface area contributed by atoms with Crippen LogP contribution >= 0.6 is 11.3 Å². The van der Waals surface area contributed by atoms with E-state index in [-0.39, 0.29) is 12.0 Å². The number of hydrogen-bond donors (Lipinski definition) is 2. The number of carboxylic acid groups (broad SMARTS) is 1. The second-order valence-electron chi connectivity index (χ2n) is 7.92. The van der Waals surface area contributed by atoms with Crippen LogP contribution in [0.15, 0.2) is 24.3 Å². The van der Waals surface area contributed by atoms with Gasteiger partial charge < -0.3 is 14.9 Å². The van der Waals surface area contributed by atoms with E-state index in [1.807, 2.05) is 39.8 Å². The summed E-state index contributed by atoms with van der Waals surface area (Å²) in [5, 5.41) is 20.0. The minimum atomic E-state index is -0.862. The fourth-order valence-corrected chi connectivity index (χ4v) is 5.22. The summed E-state index contributed by atoms with van der Waals surface area (Å²) in [6, 6.07) is 8.25. The molecule has 5 heteroatoms. The lowest BCUT2D eigenvalue weighted by molar-refractivity contribution is -0.0115. The molecule has 0 spiro atoms. The Morgan fingerprint density at radius 1 is 1.00 bits per heavy atom. The van der Waals surface area contributed by atoms with Gasteiger partial charge in [0.05, 0.1) is 5.60 Å². The number of carbonyl (C=O) groups is 1. The van der Waals surface area contributed by atoms with Crippen LogP contribution in [0, 0.1) is 13.8 Å². The van der Waals surface area contributed by atoms with Crippen LogP contribution in [0.5, 0.6) is 5.75 Å². The van der Waals surface area contributed by atoms with E-state index in [9.17, 15) is 15.0 Å². The van der Waals surface area contributed by atoms with Crippen molar-refractivity contribution in [1.82, 2.24) is 0 Å². The number of aryl methyl sites for hydroxylation is 2. The van der Waals surface area contributed by atoms with Crippen molar-refractivity contribution in [1.29, 1.82) is 0 Å². The van der Waals surface area contributed by atoms with Crippen LogP contribution in [0.2, 0.25) is 0 Å². The van der Waals surface area contributed by atoms with Crippen molar-refractivity contribution in [3.05, 3.63) is 50.7 Å². The van der Waals surface area contributed by atoms with Crippen LogP contribution in [0.4, 0.5) is 0 Å². The lowest BCUT2D eigenvalue weighted by Crippen LogP contribution is -2.34. The summed E-state index contributed by atoms with van der Waals surface area (Å²) in [4.78, 5) is 13.1. The number of rotatable bonds is 10. The maximum atomic E-state index is 11.5. The molecule has 1 aromatic carbocycles. The Balaban J connectivity index is 2.41. The van der Waals surface area contributed by atoms with Gasteiger partial charge in [0.1, 0.15) is 17.2 Å². The molecule has 2 aromatic rings. The molecule has 0 aliphatic carbocycles. The smallest absolute Gasteiger partial charge is 0.346 e. The Morgan fingerprint density at radius 3 is 2.07 bits per heavy atom. The van der Waals surface area contributed by atoms with Gasteiger partial charge in [-0.2, -0.15) is 0 Å². The molecule has 0 aliphatic heterocycles. The Labute approximate surface area is 178 Å². The van der Waals surface area contributed by atoms with E-state index < -0.39 is 11.6 Å². The molecule has 29 heavy (non-hydrogen) atoms. The quantitative estimate of drug-likeness (QED) is 0.489. The van der Waals surface area contributed by atoms with E-state index in [1.54, 1.807) is 0 Å². The number of thiophene rings is 1. The highest BCUT2D eigenvalue weighted by Gasteiger charge is 2.34. The predicted molar refractivity (Wildman–Crippen MR) is 120 cm³/mol. The fraction of sp³-hybridized carbons (Fsp3) is 0.542. The molecule has 2 N–H and O–H groups in total. The van der Waals surface area contributed by atoms with Gasteiger partial charge >= 0.3 is 5.97 Å². The average molecular weight is 419 g/mol. The Hall–Kier alpha value is -1.85. The van der Waals surface area contributed by atoms with Gasteiger partial charge in [-0.05, 0) is 68.4 Å². The van der Waals surface area contributed by atoms with Gasteiger partial charge in [-0.3, -0.25) is 0 Å². The summed E-state index contributed by atoms with van der Waals surface area (Å²) in [5.74, 6) is -0.0807. The lowest BCUT2D eigenvalue weighted by Gasteiger charge is -2.32. The topological polar surface area (TPSA) is 66.8 Å². The number of aromatic carboxylic acids is 1. The third kappa shape index (κ3) is 4.67. The van der Waals surface area contributed by atoms with Gasteiger partial charge in [-0.1, -0.05) is 39.8 Å². The highest BCUT2D eigenvalue weighted by atomic mass is 32.1. The average Bonchev–Trinajstić information content (AvgIpc) is 3.10. The van der Waals surface area contributed by atoms with Crippen LogP contribution in [0.3, 0.4) is 0 Å². The van der Waals surface area contributed by atoms with Gasteiger partial charge in [-0.25, -0.2) is 4.79 Å². The zero-order valence-electron chi connectivity index (χ0n) is 18.5. The molecule has 0 unspecified atom stereocenters. The summed E-state index contributed by atoms with van der Waals surface area (Å²) < 4.78 is 5.95. The third-order valence-electron chi connectivity index (χ3n) is 6.33. The molecule has 1 aromatic heterocycles. The molecule has 0 amide bonds. The molecular weight excluding hydrogens is 384 g/mol. The number of ether oxygens (including phenoxy) is 1. The normalized spacial score (nSPS) is 12.2. The van der Waals surface area contributed by atoms with Gasteiger partial charge in [-0.15, -0.1) is 11.3 Å². The zero-order chi connectivity index (χ0) is 21.8. The Kier molecular flexibility index (Phi) is 7.52. The lowest BCUT2D eigenvalue weighted by atomic mass is 9.74. The molecule has 4 nitrogen and oxygen atoms in total. The standard InChI is InChI=1S/C24H34O4S/c1-7-23(27,8-2)15-28-19-12-11-18(13-16(19)5)24(9-3,10-4)20-14-17(6)21(29-20)22(25)26/h11-14,27H,7-10,15H2,1-6H3,(H,25,26). The van der Waals surface area contributed by atoms with E-state index in [0.29, 0.717) is 17.7 Å². The largest absolute Gasteiger partial charge is 0.490 e. The van der Waals surface area contributed by atoms with Crippen LogP contribution in [0.25, 0.3) is 0 Å². The number of carboxylic acids is 1. The molecule has 0 radical (unpaired) electrons. The first-order valence-corrected chi connectivity index (χ1v) is 11.3. The highest BCUT2D eigenvalue weighted by molar-refractivity contribution is 7.14. The highest BCUT2D eigenvalue weighted by Crippen LogP contribution is 2.44. The fourth-order valence-electron chi connectivity index (χ4n) is 3.85. The number of hydrogen-bond acceptors (Lipinski definition) is 4. The van der Waals surface area contributed by atoms with Gasteiger partial charge in [0.2, 0.25) is 0 Å². The van der Waals surface area contributed by atoms with Crippen molar-refractivity contribution in [2.45, 2.75) is 78.2 Å². The molecule has 2 rings (SSSR count). The van der Waals surface area contributed by atoms with Crippen molar-refractivity contribution < 1.29 is 19.7 Å². The van der Waals surface area contributed by atoms with E-state index in [0.717, 1.165) is 34.6 Å². The maximum Gasteiger partial charge on any atom is 0.346 e. The molecule has 0 saturated carbocycles.